The van der Waals surface area contributed by atoms with Crippen LogP contribution in [0.25, 0.3) is 0 Å². The third-order valence-corrected chi connectivity index (χ3v) is 6.12. The van der Waals surface area contributed by atoms with Crippen LogP contribution in [-0.4, -0.2) is 65.2 Å². The molecular weight excluding hydrogens is 306 g/mol. The maximum atomic E-state index is 11.6. The molecule has 20 heavy (non-hydrogen) atoms. The number of carboxylic acid groups (broad SMARTS) is 1. The molecule has 2 unspecified atom stereocenters. The number of carboxylic acids is 1. The maximum Gasteiger partial charge on any atom is 0.306 e. The molecule has 0 aromatic carbocycles. The number of carbonyl (C=O) groups excluding carboxylic acids is 1. The predicted molar refractivity (Wildman–Crippen MR) is 75.4 cm³/mol. The van der Waals surface area contributed by atoms with Gasteiger partial charge in [-0.1, -0.05) is 0 Å². The van der Waals surface area contributed by atoms with Crippen LogP contribution in [0.4, 0.5) is 0 Å². The average molecular weight is 325 g/mol. The van der Waals surface area contributed by atoms with Crippen LogP contribution in [0.5, 0.6) is 0 Å². The lowest BCUT2D eigenvalue weighted by Gasteiger charge is -2.21. The molecule has 0 spiro atoms. The van der Waals surface area contributed by atoms with Gasteiger partial charge in [-0.15, -0.1) is 11.8 Å². The Kier molecular flexibility index (Phi) is 5.84. The molecule has 3 N–H and O–H groups in total. The Bertz CT molecular complexity index is 473. The fourth-order valence-electron chi connectivity index (χ4n) is 1.81. The number of thioether (sulfide) groups is 1. The number of aliphatic carboxylic acids is 1. The number of nitrogens with one attached hydrogen (secondary N) is 1. The summed E-state index contributed by atoms with van der Waals surface area (Å²) in [7, 11) is -2.95. The molecule has 0 saturated carbocycles. The van der Waals surface area contributed by atoms with Gasteiger partial charge in [0.25, 0.3) is 0 Å². The highest BCUT2D eigenvalue weighted by Gasteiger charge is 2.29. The molecule has 2 atom stereocenters. The molecule has 1 rings (SSSR count). The summed E-state index contributed by atoms with van der Waals surface area (Å²) in [6.07, 6.45) is 0.0955. The number of sulfone groups is 1. The van der Waals surface area contributed by atoms with Gasteiger partial charge in [0.1, 0.15) is 0 Å². The maximum absolute atomic E-state index is 11.6. The Hall–Kier alpha value is -0.800. The second kappa shape index (κ2) is 6.77. The fraction of sp³-hybridized carbons (Fsp3) is 0.818. The number of aliphatic hydroxyl groups is 1. The van der Waals surface area contributed by atoms with Crippen LogP contribution in [0.1, 0.15) is 19.8 Å². The van der Waals surface area contributed by atoms with Crippen LogP contribution in [0.3, 0.4) is 0 Å². The molecular formula is C11H19NO6S2. The van der Waals surface area contributed by atoms with Gasteiger partial charge in [-0.25, -0.2) is 8.42 Å². The van der Waals surface area contributed by atoms with Crippen LogP contribution in [0.2, 0.25) is 0 Å². The third kappa shape index (κ3) is 6.58. The first-order chi connectivity index (χ1) is 9.10. The summed E-state index contributed by atoms with van der Waals surface area (Å²) in [5, 5.41) is 20.7. The summed E-state index contributed by atoms with van der Waals surface area (Å²) < 4.78 is 22.5. The molecule has 0 bridgehead atoms. The molecule has 1 saturated heterocycles. The van der Waals surface area contributed by atoms with Gasteiger partial charge < -0.3 is 15.5 Å². The van der Waals surface area contributed by atoms with Crippen LogP contribution in [-0.2, 0) is 19.4 Å². The highest BCUT2D eigenvalue weighted by Crippen LogP contribution is 2.23. The zero-order valence-electron chi connectivity index (χ0n) is 11.2. The molecule has 9 heteroatoms. The van der Waals surface area contributed by atoms with Crippen molar-refractivity contribution < 1.29 is 28.2 Å². The van der Waals surface area contributed by atoms with Crippen molar-refractivity contribution in [3.8, 4) is 0 Å². The van der Waals surface area contributed by atoms with E-state index in [1.54, 1.807) is 0 Å². The topological polar surface area (TPSA) is 121 Å². The van der Waals surface area contributed by atoms with Crippen molar-refractivity contribution in [3.63, 3.8) is 0 Å². The molecule has 1 amide bonds. The minimum atomic E-state index is -2.95. The van der Waals surface area contributed by atoms with Crippen molar-refractivity contribution in [2.24, 2.45) is 0 Å². The molecule has 1 aliphatic rings. The average Bonchev–Trinajstić information content (AvgIpc) is 2.62. The van der Waals surface area contributed by atoms with Crippen molar-refractivity contribution in [2.75, 3.05) is 23.8 Å². The summed E-state index contributed by atoms with van der Waals surface area (Å²) in [6, 6.07) is 0. The number of rotatable bonds is 7. The second-order valence-electron chi connectivity index (χ2n) is 5.18. The Morgan fingerprint density at radius 1 is 1.45 bits per heavy atom. The third-order valence-electron chi connectivity index (χ3n) is 2.84. The van der Waals surface area contributed by atoms with E-state index in [-0.39, 0.29) is 35.0 Å². The molecule has 0 aromatic rings. The Morgan fingerprint density at radius 3 is 2.60 bits per heavy atom. The molecule has 116 valence electrons. The van der Waals surface area contributed by atoms with E-state index in [1.165, 1.54) is 18.7 Å². The Balaban J connectivity index is 2.26. The Morgan fingerprint density at radius 2 is 2.10 bits per heavy atom. The molecule has 1 fully saturated rings. The zero-order valence-corrected chi connectivity index (χ0v) is 12.8. The summed E-state index contributed by atoms with van der Waals surface area (Å²) in [4.78, 5) is 22.0. The first kappa shape index (κ1) is 17.3. The van der Waals surface area contributed by atoms with E-state index in [4.69, 9.17) is 5.11 Å². The van der Waals surface area contributed by atoms with Crippen LogP contribution < -0.4 is 5.32 Å². The SMILES string of the molecule is CC(O)(CNC(=O)CSC1CCS(=O)(=O)C1)CC(=O)O. The molecule has 1 heterocycles. The highest BCUT2D eigenvalue weighted by atomic mass is 32.2. The number of hydrogen-bond donors (Lipinski definition) is 3. The van der Waals surface area contributed by atoms with Gasteiger partial charge >= 0.3 is 5.97 Å². The van der Waals surface area contributed by atoms with Gasteiger partial charge in [0.15, 0.2) is 9.84 Å². The van der Waals surface area contributed by atoms with Crippen LogP contribution in [0, 0.1) is 0 Å². The van der Waals surface area contributed by atoms with Gasteiger partial charge in [0, 0.05) is 11.8 Å². The van der Waals surface area contributed by atoms with Gasteiger partial charge in [0.2, 0.25) is 5.91 Å². The van der Waals surface area contributed by atoms with E-state index in [0.717, 1.165) is 0 Å². The van der Waals surface area contributed by atoms with E-state index in [9.17, 15) is 23.1 Å². The van der Waals surface area contributed by atoms with Gasteiger partial charge in [-0.3, -0.25) is 9.59 Å². The largest absolute Gasteiger partial charge is 0.481 e. The number of hydrogen-bond acceptors (Lipinski definition) is 6. The van der Waals surface area contributed by atoms with E-state index < -0.39 is 27.8 Å². The van der Waals surface area contributed by atoms with Crippen molar-refractivity contribution in [2.45, 2.75) is 30.6 Å². The van der Waals surface area contributed by atoms with Crippen molar-refractivity contribution >= 4 is 33.5 Å². The molecule has 0 radical (unpaired) electrons. The van der Waals surface area contributed by atoms with Gasteiger partial charge in [-0.05, 0) is 13.3 Å². The minimum absolute atomic E-state index is 0.0646. The first-order valence-corrected chi connectivity index (χ1v) is 8.99. The van der Waals surface area contributed by atoms with Crippen LogP contribution >= 0.6 is 11.8 Å². The lowest BCUT2D eigenvalue weighted by atomic mass is 10.0. The normalized spacial score (nSPS) is 24.0. The lowest BCUT2D eigenvalue weighted by Crippen LogP contribution is -2.42. The van der Waals surface area contributed by atoms with E-state index in [1.807, 2.05) is 0 Å². The van der Waals surface area contributed by atoms with E-state index in [0.29, 0.717) is 6.42 Å². The minimum Gasteiger partial charge on any atom is -0.481 e. The smallest absolute Gasteiger partial charge is 0.306 e. The Labute approximate surface area is 122 Å². The summed E-state index contributed by atoms with van der Waals surface area (Å²) in [6.45, 7) is 1.18. The van der Waals surface area contributed by atoms with E-state index in [2.05, 4.69) is 5.32 Å². The lowest BCUT2D eigenvalue weighted by molar-refractivity contribution is -0.142. The second-order valence-corrected chi connectivity index (χ2v) is 8.70. The zero-order chi connectivity index (χ0) is 15.4. The monoisotopic (exact) mass is 325 g/mol. The highest BCUT2D eigenvalue weighted by molar-refractivity contribution is 8.02. The molecule has 7 nitrogen and oxygen atoms in total. The predicted octanol–water partition coefficient (Wildman–Crippen LogP) is -0.751. The summed E-state index contributed by atoms with van der Waals surface area (Å²) in [5.74, 6) is -1.12. The molecule has 0 aromatic heterocycles. The van der Waals surface area contributed by atoms with Crippen molar-refractivity contribution in [1.29, 1.82) is 0 Å². The van der Waals surface area contributed by atoms with Crippen molar-refractivity contribution in [1.82, 2.24) is 5.32 Å². The van der Waals surface area contributed by atoms with Gasteiger partial charge in [-0.2, -0.15) is 0 Å². The van der Waals surface area contributed by atoms with Gasteiger partial charge in [0.05, 0.1) is 29.3 Å². The van der Waals surface area contributed by atoms with Crippen LogP contribution in [0.15, 0.2) is 0 Å². The fourth-order valence-corrected chi connectivity index (χ4v) is 5.29. The molecule has 0 aliphatic carbocycles. The number of carbonyl (C=O) groups is 2. The summed E-state index contributed by atoms with van der Waals surface area (Å²) in [5.41, 5.74) is -1.50. The first-order valence-electron chi connectivity index (χ1n) is 6.12. The standard InChI is InChI=1S/C11H19NO6S2/c1-11(16,4-10(14)15)7-12-9(13)5-19-8-2-3-20(17,18)6-8/h8,16H,2-7H2,1H3,(H,12,13)(H,14,15). The molecule has 1 aliphatic heterocycles. The van der Waals surface area contributed by atoms with Crippen molar-refractivity contribution in [3.05, 3.63) is 0 Å². The number of amides is 1. The quantitative estimate of drug-likeness (QED) is 0.563. The van der Waals surface area contributed by atoms with E-state index >= 15 is 0 Å². The summed E-state index contributed by atoms with van der Waals surface area (Å²) >= 11 is 1.27.